The molecule has 2 rings (SSSR count). The van der Waals surface area contributed by atoms with E-state index in [1.807, 2.05) is 25.1 Å². The first-order valence-corrected chi connectivity index (χ1v) is 5.38. The number of hydrogen-bond acceptors (Lipinski definition) is 4. The van der Waals surface area contributed by atoms with Crippen LogP contribution in [0.1, 0.15) is 12.5 Å². The lowest BCUT2D eigenvalue weighted by atomic mass is 10.1. The summed E-state index contributed by atoms with van der Waals surface area (Å²) < 4.78 is 10.5. The van der Waals surface area contributed by atoms with Crippen LogP contribution in [-0.4, -0.2) is 25.2 Å². The lowest BCUT2D eigenvalue weighted by molar-refractivity contribution is -0.150. The zero-order valence-corrected chi connectivity index (χ0v) is 10.7. The summed E-state index contributed by atoms with van der Waals surface area (Å²) >= 11 is 0. The Bertz CT molecular complexity index is 409. The van der Waals surface area contributed by atoms with Gasteiger partial charge in [0.15, 0.2) is 0 Å². The fraction of sp³-hybridized carbons (Fsp3) is 0.417. The van der Waals surface area contributed by atoms with E-state index in [9.17, 15) is 4.79 Å². The predicted octanol–water partition coefficient (Wildman–Crippen LogP) is 2.15. The maximum atomic E-state index is 11.5. The van der Waals surface area contributed by atoms with Gasteiger partial charge < -0.3 is 14.8 Å². The number of anilines is 1. The Hall–Kier alpha value is -1.42. The lowest BCUT2D eigenvalue weighted by Crippen LogP contribution is -2.38. The van der Waals surface area contributed by atoms with Gasteiger partial charge in [0.2, 0.25) is 6.10 Å². The fourth-order valence-corrected chi connectivity index (χ4v) is 1.65. The van der Waals surface area contributed by atoms with Gasteiger partial charge in [-0.3, -0.25) is 0 Å². The van der Waals surface area contributed by atoms with Crippen LogP contribution in [0.5, 0.6) is 5.75 Å². The van der Waals surface area contributed by atoms with Crippen LogP contribution >= 0.6 is 12.4 Å². The number of fused-ring (bicyclic) bond motifs is 1. The largest absolute Gasteiger partial charge is 0.475 e. The molecule has 1 aliphatic heterocycles. The van der Waals surface area contributed by atoms with E-state index < -0.39 is 6.10 Å². The van der Waals surface area contributed by atoms with E-state index in [2.05, 4.69) is 5.32 Å². The molecule has 1 heterocycles. The monoisotopic (exact) mass is 257 g/mol. The summed E-state index contributed by atoms with van der Waals surface area (Å²) in [5.74, 6) is 0.385. The van der Waals surface area contributed by atoms with Gasteiger partial charge in [-0.05, 0) is 31.5 Å². The smallest absolute Gasteiger partial charge is 0.349 e. The summed E-state index contributed by atoms with van der Waals surface area (Å²) in [5, 5.41) is 3.17. The molecule has 1 atom stereocenters. The summed E-state index contributed by atoms with van der Waals surface area (Å²) in [5.41, 5.74) is 2.09. The molecule has 5 heteroatoms. The Kier molecular flexibility index (Phi) is 4.63. The average molecular weight is 258 g/mol. The van der Waals surface area contributed by atoms with Crippen molar-refractivity contribution in [3.05, 3.63) is 23.8 Å². The van der Waals surface area contributed by atoms with Gasteiger partial charge in [-0.1, -0.05) is 6.07 Å². The molecule has 1 N–H and O–H groups in total. The zero-order chi connectivity index (χ0) is 11.5. The second kappa shape index (κ2) is 5.77. The first kappa shape index (κ1) is 13.6. The topological polar surface area (TPSA) is 47.6 Å². The highest BCUT2D eigenvalue weighted by atomic mass is 35.5. The lowest BCUT2D eigenvalue weighted by Gasteiger charge is -2.26. The Morgan fingerprint density at radius 1 is 1.59 bits per heavy atom. The van der Waals surface area contributed by atoms with Crippen molar-refractivity contribution < 1.29 is 14.3 Å². The number of benzene rings is 1. The predicted molar refractivity (Wildman–Crippen MR) is 68.0 cm³/mol. The van der Waals surface area contributed by atoms with Crippen LogP contribution in [0.15, 0.2) is 18.2 Å². The maximum Gasteiger partial charge on any atom is 0.349 e. The molecule has 1 aromatic carbocycles. The number of rotatable bonds is 2. The second-order valence-electron chi connectivity index (χ2n) is 3.74. The van der Waals surface area contributed by atoms with E-state index in [4.69, 9.17) is 9.47 Å². The van der Waals surface area contributed by atoms with Crippen molar-refractivity contribution in [2.75, 3.05) is 18.5 Å². The SMILES string of the molecule is CCOC(=O)C1CNc2cc(C)ccc2O1.Cl. The molecule has 4 nitrogen and oxygen atoms in total. The molecule has 0 radical (unpaired) electrons. The third-order valence-electron chi connectivity index (χ3n) is 2.43. The van der Waals surface area contributed by atoms with E-state index in [1.54, 1.807) is 6.92 Å². The minimum atomic E-state index is -0.546. The van der Waals surface area contributed by atoms with E-state index >= 15 is 0 Å². The number of ether oxygens (including phenoxy) is 2. The Morgan fingerprint density at radius 3 is 3.06 bits per heavy atom. The second-order valence-corrected chi connectivity index (χ2v) is 3.74. The molecule has 0 aromatic heterocycles. The first-order chi connectivity index (χ1) is 7.70. The minimum Gasteiger partial charge on any atom is -0.475 e. The van der Waals surface area contributed by atoms with Crippen LogP contribution in [0, 0.1) is 6.92 Å². The summed E-state index contributed by atoms with van der Waals surface area (Å²) in [6, 6.07) is 5.81. The average Bonchev–Trinajstić information content (AvgIpc) is 2.28. The van der Waals surface area contributed by atoms with Crippen LogP contribution in [0.4, 0.5) is 5.69 Å². The molecule has 0 saturated carbocycles. The number of halogens is 1. The standard InChI is InChI=1S/C12H15NO3.ClH/c1-3-15-12(14)11-7-13-9-6-8(2)4-5-10(9)16-11;/h4-6,11,13H,3,7H2,1-2H3;1H. The Morgan fingerprint density at radius 2 is 2.35 bits per heavy atom. The summed E-state index contributed by atoms with van der Waals surface area (Å²) in [6.45, 7) is 4.62. The third kappa shape index (κ3) is 3.03. The van der Waals surface area contributed by atoms with Crippen molar-refractivity contribution in [1.29, 1.82) is 0 Å². The van der Waals surface area contributed by atoms with Crippen molar-refractivity contribution in [3.63, 3.8) is 0 Å². The molecule has 0 aliphatic carbocycles. The van der Waals surface area contributed by atoms with Gasteiger partial charge in [0.25, 0.3) is 0 Å². The number of nitrogens with one attached hydrogen (secondary N) is 1. The molecule has 17 heavy (non-hydrogen) atoms. The van der Waals surface area contributed by atoms with Gasteiger partial charge in [-0.2, -0.15) is 0 Å². The molecule has 1 aromatic rings. The third-order valence-corrected chi connectivity index (χ3v) is 2.43. The molecular weight excluding hydrogens is 242 g/mol. The van der Waals surface area contributed by atoms with E-state index in [0.29, 0.717) is 18.9 Å². The maximum absolute atomic E-state index is 11.5. The molecule has 0 bridgehead atoms. The summed E-state index contributed by atoms with van der Waals surface area (Å²) in [6.07, 6.45) is -0.546. The highest BCUT2D eigenvalue weighted by molar-refractivity contribution is 5.85. The highest BCUT2D eigenvalue weighted by Gasteiger charge is 2.26. The van der Waals surface area contributed by atoms with Crippen LogP contribution in [-0.2, 0) is 9.53 Å². The zero-order valence-electron chi connectivity index (χ0n) is 9.86. The van der Waals surface area contributed by atoms with E-state index in [0.717, 1.165) is 11.3 Å². The molecule has 0 amide bonds. The van der Waals surface area contributed by atoms with Crippen LogP contribution < -0.4 is 10.1 Å². The molecule has 0 spiro atoms. The van der Waals surface area contributed by atoms with Crippen molar-refractivity contribution in [1.82, 2.24) is 0 Å². The van der Waals surface area contributed by atoms with Crippen molar-refractivity contribution in [2.45, 2.75) is 20.0 Å². The van der Waals surface area contributed by atoms with Gasteiger partial charge in [-0.15, -0.1) is 12.4 Å². The molecule has 0 fully saturated rings. The highest BCUT2D eigenvalue weighted by Crippen LogP contribution is 2.29. The number of hydrogen-bond donors (Lipinski definition) is 1. The van der Waals surface area contributed by atoms with Crippen molar-refractivity contribution in [2.24, 2.45) is 0 Å². The molecule has 1 unspecified atom stereocenters. The van der Waals surface area contributed by atoms with Crippen LogP contribution in [0.3, 0.4) is 0 Å². The quantitative estimate of drug-likeness (QED) is 0.825. The molecule has 94 valence electrons. The van der Waals surface area contributed by atoms with E-state index in [-0.39, 0.29) is 18.4 Å². The number of carbonyl (C=O) groups excluding carboxylic acids is 1. The molecular formula is C12H16ClNO3. The van der Waals surface area contributed by atoms with Gasteiger partial charge >= 0.3 is 5.97 Å². The fourth-order valence-electron chi connectivity index (χ4n) is 1.65. The molecule has 1 aliphatic rings. The first-order valence-electron chi connectivity index (χ1n) is 5.38. The minimum absolute atomic E-state index is 0. The Balaban J connectivity index is 0.00000144. The normalized spacial score (nSPS) is 16.9. The van der Waals surface area contributed by atoms with E-state index in [1.165, 1.54) is 0 Å². The van der Waals surface area contributed by atoms with Crippen LogP contribution in [0.25, 0.3) is 0 Å². The summed E-state index contributed by atoms with van der Waals surface area (Å²) in [4.78, 5) is 11.5. The summed E-state index contributed by atoms with van der Waals surface area (Å²) in [7, 11) is 0. The van der Waals surface area contributed by atoms with Gasteiger partial charge in [0, 0.05) is 0 Å². The van der Waals surface area contributed by atoms with Gasteiger partial charge in [0.05, 0.1) is 18.8 Å². The van der Waals surface area contributed by atoms with Gasteiger partial charge in [0.1, 0.15) is 5.75 Å². The number of esters is 1. The Labute approximate surface area is 107 Å². The number of aryl methyl sites for hydroxylation is 1. The molecule has 0 saturated heterocycles. The van der Waals surface area contributed by atoms with Crippen molar-refractivity contribution in [3.8, 4) is 5.75 Å². The number of carbonyl (C=O) groups is 1. The van der Waals surface area contributed by atoms with Crippen molar-refractivity contribution >= 4 is 24.1 Å². The van der Waals surface area contributed by atoms with Crippen LogP contribution in [0.2, 0.25) is 0 Å². The van der Waals surface area contributed by atoms with Gasteiger partial charge in [-0.25, -0.2) is 4.79 Å².